The second-order valence-corrected chi connectivity index (χ2v) is 6.49. The summed E-state index contributed by atoms with van der Waals surface area (Å²) in [4.78, 5) is 8.63. The number of nitrogens with one attached hydrogen (secondary N) is 2. The molecule has 0 amide bonds. The van der Waals surface area contributed by atoms with Crippen molar-refractivity contribution in [3.05, 3.63) is 47.1 Å². The molecule has 1 heterocycles. The van der Waals surface area contributed by atoms with Crippen molar-refractivity contribution >= 4 is 29.9 Å². The van der Waals surface area contributed by atoms with E-state index >= 15 is 0 Å². The van der Waals surface area contributed by atoms with Gasteiger partial charge in [-0.3, -0.25) is 4.99 Å². The van der Waals surface area contributed by atoms with E-state index < -0.39 is 11.7 Å². The molecule has 0 saturated carbocycles. The van der Waals surface area contributed by atoms with E-state index in [-0.39, 0.29) is 29.9 Å². The van der Waals surface area contributed by atoms with Crippen molar-refractivity contribution in [1.82, 2.24) is 20.8 Å². The number of hydrogen-bond acceptors (Lipinski definition) is 4. The maximum atomic E-state index is 12.9. The average Bonchev–Trinajstić information content (AvgIpc) is 3.06. The largest absolute Gasteiger partial charge is 0.416 e. The fourth-order valence-corrected chi connectivity index (χ4v) is 2.63. The molecule has 29 heavy (non-hydrogen) atoms. The smallest absolute Gasteiger partial charge is 0.357 e. The molecule has 0 radical (unpaired) electrons. The van der Waals surface area contributed by atoms with Crippen LogP contribution in [0, 0.1) is 6.92 Å². The first-order valence-electron chi connectivity index (χ1n) is 9.28. The zero-order chi connectivity index (χ0) is 20.6. The van der Waals surface area contributed by atoms with Gasteiger partial charge in [-0.1, -0.05) is 30.3 Å². The molecule has 1 atom stereocenters. The molecule has 1 aromatic carbocycles. The van der Waals surface area contributed by atoms with Gasteiger partial charge in [0.2, 0.25) is 5.89 Å². The standard InChI is InChI=1S/C19H26F3N5O.HI/c1-4-23-18(25-11-9-17-26-14(3)27-28-17)24-10-8-13(2)15-6-5-7-16(12-15)19(20,21)22;/h5-7,12-13H,4,8-11H2,1-3H3,(H2,23,24,25);1H. The Balaban J connectivity index is 0.00000420. The van der Waals surface area contributed by atoms with Gasteiger partial charge < -0.3 is 15.2 Å². The zero-order valence-corrected chi connectivity index (χ0v) is 19.0. The summed E-state index contributed by atoms with van der Waals surface area (Å²) < 4.78 is 43.6. The van der Waals surface area contributed by atoms with Gasteiger partial charge in [-0.05, 0) is 37.8 Å². The molecule has 2 rings (SSSR count). The number of aliphatic imine (C=N–C) groups is 1. The summed E-state index contributed by atoms with van der Waals surface area (Å²) in [5.41, 5.74) is 0.0429. The fourth-order valence-electron chi connectivity index (χ4n) is 2.63. The van der Waals surface area contributed by atoms with E-state index in [1.807, 2.05) is 13.8 Å². The number of aromatic nitrogens is 2. The second-order valence-electron chi connectivity index (χ2n) is 6.49. The Morgan fingerprint density at radius 3 is 2.66 bits per heavy atom. The number of halogens is 4. The van der Waals surface area contributed by atoms with Crippen LogP contribution in [0.1, 0.15) is 49.0 Å². The summed E-state index contributed by atoms with van der Waals surface area (Å²) in [5.74, 6) is 1.77. The number of nitrogens with zero attached hydrogens (tertiary/aromatic N) is 3. The van der Waals surface area contributed by atoms with E-state index in [4.69, 9.17) is 4.52 Å². The minimum atomic E-state index is -4.33. The molecule has 0 aliphatic heterocycles. The van der Waals surface area contributed by atoms with Gasteiger partial charge in [0.15, 0.2) is 11.8 Å². The Labute approximate surface area is 185 Å². The van der Waals surface area contributed by atoms with Gasteiger partial charge in [0.1, 0.15) is 0 Å². The van der Waals surface area contributed by atoms with Crippen LogP contribution in [0.15, 0.2) is 33.8 Å². The Morgan fingerprint density at radius 2 is 2.03 bits per heavy atom. The number of benzene rings is 1. The van der Waals surface area contributed by atoms with Gasteiger partial charge in [0, 0.05) is 26.1 Å². The van der Waals surface area contributed by atoms with Crippen molar-refractivity contribution in [2.24, 2.45) is 4.99 Å². The van der Waals surface area contributed by atoms with Crippen molar-refractivity contribution in [2.45, 2.75) is 45.7 Å². The minimum Gasteiger partial charge on any atom is -0.357 e. The SMILES string of the molecule is CCNC(=NCCC(C)c1cccc(C(F)(F)F)c1)NCCc1nc(C)no1.I. The number of rotatable bonds is 8. The summed E-state index contributed by atoms with van der Waals surface area (Å²) in [7, 11) is 0. The van der Waals surface area contributed by atoms with E-state index in [1.54, 1.807) is 13.0 Å². The third-order valence-corrected chi connectivity index (χ3v) is 4.16. The van der Waals surface area contributed by atoms with Gasteiger partial charge in [-0.2, -0.15) is 18.2 Å². The van der Waals surface area contributed by atoms with Crippen molar-refractivity contribution in [1.29, 1.82) is 0 Å². The van der Waals surface area contributed by atoms with Crippen LogP contribution in [-0.4, -0.2) is 35.7 Å². The van der Waals surface area contributed by atoms with Crippen LogP contribution in [0.5, 0.6) is 0 Å². The third kappa shape index (κ3) is 8.58. The summed E-state index contributed by atoms with van der Waals surface area (Å²) in [5, 5.41) is 10.1. The maximum absolute atomic E-state index is 12.9. The third-order valence-electron chi connectivity index (χ3n) is 4.16. The summed E-state index contributed by atoms with van der Waals surface area (Å²) >= 11 is 0. The topological polar surface area (TPSA) is 75.3 Å². The molecule has 6 nitrogen and oxygen atoms in total. The lowest BCUT2D eigenvalue weighted by atomic mass is 9.96. The normalized spacial score (nSPS) is 13.0. The highest BCUT2D eigenvalue weighted by atomic mass is 127. The molecule has 0 saturated heterocycles. The molecule has 162 valence electrons. The zero-order valence-electron chi connectivity index (χ0n) is 16.7. The van der Waals surface area contributed by atoms with Crippen LogP contribution in [0.25, 0.3) is 0 Å². The van der Waals surface area contributed by atoms with E-state index in [1.165, 1.54) is 12.1 Å². The molecule has 10 heteroatoms. The molecular formula is C19H27F3IN5O. The van der Waals surface area contributed by atoms with Crippen LogP contribution in [0.3, 0.4) is 0 Å². The summed E-state index contributed by atoms with van der Waals surface area (Å²) in [6.45, 7) is 7.41. The first kappa shape index (κ1) is 25.2. The van der Waals surface area contributed by atoms with Gasteiger partial charge in [-0.15, -0.1) is 24.0 Å². The Bertz CT molecular complexity index is 779. The van der Waals surface area contributed by atoms with Crippen LogP contribution in [0.2, 0.25) is 0 Å². The van der Waals surface area contributed by atoms with Gasteiger partial charge in [-0.25, -0.2) is 0 Å². The molecule has 1 aromatic heterocycles. The summed E-state index contributed by atoms with van der Waals surface area (Å²) in [6.07, 6.45) is -3.11. The van der Waals surface area contributed by atoms with Gasteiger partial charge in [0.25, 0.3) is 0 Å². The molecule has 0 aliphatic carbocycles. The van der Waals surface area contributed by atoms with Crippen LogP contribution in [-0.2, 0) is 12.6 Å². The highest BCUT2D eigenvalue weighted by Crippen LogP contribution is 2.31. The number of alkyl halides is 3. The molecular weight excluding hydrogens is 498 g/mol. The molecule has 2 N–H and O–H groups in total. The van der Waals surface area contributed by atoms with E-state index in [0.717, 1.165) is 6.07 Å². The first-order chi connectivity index (χ1) is 13.3. The molecule has 0 bridgehead atoms. The van der Waals surface area contributed by atoms with E-state index in [2.05, 4.69) is 25.8 Å². The van der Waals surface area contributed by atoms with Crippen molar-refractivity contribution in [3.63, 3.8) is 0 Å². The van der Waals surface area contributed by atoms with Crippen molar-refractivity contribution in [2.75, 3.05) is 19.6 Å². The molecule has 0 spiro atoms. The fraction of sp³-hybridized carbons (Fsp3) is 0.526. The lowest BCUT2D eigenvalue weighted by Crippen LogP contribution is -2.38. The quantitative estimate of drug-likeness (QED) is 0.306. The predicted octanol–water partition coefficient (Wildman–Crippen LogP) is 4.31. The van der Waals surface area contributed by atoms with Crippen LogP contribution < -0.4 is 10.6 Å². The lowest BCUT2D eigenvalue weighted by molar-refractivity contribution is -0.137. The monoisotopic (exact) mass is 525 g/mol. The number of hydrogen-bond donors (Lipinski definition) is 2. The highest BCUT2D eigenvalue weighted by molar-refractivity contribution is 14.0. The maximum Gasteiger partial charge on any atom is 0.416 e. The Morgan fingerprint density at radius 1 is 1.28 bits per heavy atom. The lowest BCUT2D eigenvalue weighted by Gasteiger charge is -2.14. The van der Waals surface area contributed by atoms with E-state index in [9.17, 15) is 13.2 Å². The van der Waals surface area contributed by atoms with E-state index in [0.29, 0.717) is 55.7 Å². The van der Waals surface area contributed by atoms with Crippen molar-refractivity contribution < 1.29 is 17.7 Å². The van der Waals surface area contributed by atoms with Crippen molar-refractivity contribution in [3.8, 4) is 0 Å². The number of guanidine groups is 1. The second kappa shape index (κ2) is 12.0. The molecule has 2 aromatic rings. The van der Waals surface area contributed by atoms with Gasteiger partial charge in [0.05, 0.1) is 5.56 Å². The Kier molecular flexibility index (Phi) is 10.4. The molecule has 1 unspecified atom stereocenters. The minimum absolute atomic E-state index is 0. The Hall–Kier alpha value is -1.85. The number of aryl methyl sites for hydroxylation is 1. The van der Waals surface area contributed by atoms with Gasteiger partial charge >= 0.3 is 6.18 Å². The molecule has 0 fully saturated rings. The average molecular weight is 525 g/mol. The van der Waals surface area contributed by atoms with Crippen LogP contribution in [0.4, 0.5) is 13.2 Å². The first-order valence-corrected chi connectivity index (χ1v) is 9.28. The predicted molar refractivity (Wildman–Crippen MR) is 117 cm³/mol. The summed E-state index contributed by atoms with van der Waals surface area (Å²) in [6, 6.07) is 5.47. The molecule has 0 aliphatic rings. The highest BCUT2D eigenvalue weighted by Gasteiger charge is 2.30. The van der Waals surface area contributed by atoms with Crippen LogP contribution >= 0.6 is 24.0 Å².